The standard InChI is InChI=1S/C28H24N2O6/c1-34-20-12-8-11-19(15-20)27(32)29-16-24(31)36-17-23-26(28(33)35-2)25(18-9-4-3-5-10-18)21-13-6-7-14-22(21)30-23/h3-15H,16-17H2,1-2H3,(H,29,32). The van der Waals surface area contributed by atoms with Gasteiger partial charge in [0.25, 0.3) is 5.91 Å². The largest absolute Gasteiger partial charge is 0.497 e. The molecule has 1 amide bonds. The SMILES string of the molecule is COC(=O)c1c(COC(=O)CNC(=O)c2cccc(OC)c2)nc2ccccc2c1-c1ccccc1. The van der Waals surface area contributed by atoms with E-state index < -0.39 is 17.8 Å². The zero-order chi connectivity index (χ0) is 25.5. The highest BCUT2D eigenvalue weighted by Crippen LogP contribution is 2.34. The van der Waals surface area contributed by atoms with E-state index in [2.05, 4.69) is 10.3 Å². The number of carbonyl (C=O) groups is 3. The summed E-state index contributed by atoms with van der Waals surface area (Å²) in [5.74, 6) is -1.20. The van der Waals surface area contributed by atoms with E-state index in [4.69, 9.17) is 14.2 Å². The molecule has 3 aromatic carbocycles. The van der Waals surface area contributed by atoms with E-state index in [-0.39, 0.29) is 24.4 Å². The molecule has 0 saturated carbocycles. The summed E-state index contributed by atoms with van der Waals surface area (Å²) in [5, 5.41) is 3.29. The van der Waals surface area contributed by atoms with Crippen LogP contribution in [-0.4, -0.2) is 43.6 Å². The van der Waals surface area contributed by atoms with Gasteiger partial charge in [-0.3, -0.25) is 9.59 Å². The normalized spacial score (nSPS) is 10.5. The van der Waals surface area contributed by atoms with Crippen LogP contribution in [0.25, 0.3) is 22.0 Å². The molecule has 0 spiro atoms. The Hall–Kier alpha value is -4.72. The number of nitrogens with zero attached hydrogens (tertiary/aromatic N) is 1. The number of ether oxygens (including phenoxy) is 3. The maximum absolute atomic E-state index is 12.9. The lowest BCUT2D eigenvalue weighted by atomic mass is 9.94. The third kappa shape index (κ3) is 5.33. The fourth-order valence-corrected chi connectivity index (χ4v) is 3.81. The average molecular weight is 485 g/mol. The van der Waals surface area contributed by atoms with Gasteiger partial charge in [0.1, 0.15) is 18.9 Å². The Morgan fingerprint density at radius 3 is 2.39 bits per heavy atom. The number of esters is 2. The smallest absolute Gasteiger partial charge is 0.340 e. The molecular formula is C28H24N2O6. The van der Waals surface area contributed by atoms with Gasteiger partial charge in [-0.1, -0.05) is 54.6 Å². The lowest BCUT2D eigenvalue weighted by molar-refractivity contribution is -0.143. The van der Waals surface area contributed by atoms with Crippen molar-refractivity contribution in [3.63, 3.8) is 0 Å². The second-order valence-electron chi connectivity index (χ2n) is 7.76. The molecule has 182 valence electrons. The maximum atomic E-state index is 12.9. The van der Waals surface area contributed by atoms with Crippen LogP contribution in [0, 0.1) is 0 Å². The highest BCUT2D eigenvalue weighted by atomic mass is 16.5. The van der Waals surface area contributed by atoms with Gasteiger partial charge in [0.05, 0.1) is 31.0 Å². The summed E-state index contributed by atoms with van der Waals surface area (Å²) in [6.45, 7) is -0.633. The van der Waals surface area contributed by atoms with Gasteiger partial charge in [-0.15, -0.1) is 0 Å². The lowest BCUT2D eigenvalue weighted by Crippen LogP contribution is -2.30. The molecule has 0 fully saturated rings. The van der Waals surface area contributed by atoms with Gasteiger partial charge in [-0.25, -0.2) is 9.78 Å². The molecule has 1 heterocycles. The molecule has 8 nitrogen and oxygen atoms in total. The van der Waals surface area contributed by atoms with Crippen LogP contribution in [0.4, 0.5) is 0 Å². The number of benzene rings is 3. The minimum Gasteiger partial charge on any atom is -0.497 e. The summed E-state index contributed by atoms with van der Waals surface area (Å²) in [7, 11) is 2.79. The van der Waals surface area contributed by atoms with E-state index in [1.807, 2.05) is 54.6 Å². The molecule has 36 heavy (non-hydrogen) atoms. The average Bonchev–Trinajstić information content (AvgIpc) is 2.93. The predicted molar refractivity (Wildman–Crippen MR) is 134 cm³/mol. The van der Waals surface area contributed by atoms with Gasteiger partial charge in [0, 0.05) is 16.5 Å². The fraction of sp³-hybridized carbons (Fsp3) is 0.143. The predicted octanol–water partition coefficient (Wildman–Crippen LogP) is 4.17. The summed E-state index contributed by atoms with van der Waals surface area (Å²) in [4.78, 5) is 42.3. The highest BCUT2D eigenvalue weighted by Gasteiger charge is 2.24. The molecule has 0 atom stereocenters. The molecule has 0 aliphatic heterocycles. The van der Waals surface area contributed by atoms with Crippen molar-refractivity contribution >= 4 is 28.7 Å². The van der Waals surface area contributed by atoms with Crippen molar-refractivity contribution in [2.24, 2.45) is 0 Å². The molecular weight excluding hydrogens is 460 g/mol. The van der Waals surface area contributed by atoms with Gasteiger partial charge >= 0.3 is 11.9 Å². The summed E-state index contributed by atoms with van der Waals surface area (Å²) in [6.07, 6.45) is 0. The lowest BCUT2D eigenvalue weighted by Gasteiger charge is -2.16. The van der Waals surface area contributed by atoms with E-state index in [0.717, 1.165) is 10.9 Å². The molecule has 0 unspecified atom stereocenters. The van der Waals surface area contributed by atoms with Crippen molar-refractivity contribution in [1.29, 1.82) is 0 Å². The molecule has 4 rings (SSSR count). The molecule has 8 heteroatoms. The third-order valence-electron chi connectivity index (χ3n) is 5.51. The fourth-order valence-electron chi connectivity index (χ4n) is 3.81. The second-order valence-corrected chi connectivity index (χ2v) is 7.76. The number of fused-ring (bicyclic) bond motifs is 1. The molecule has 4 aromatic rings. The number of nitrogens with one attached hydrogen (secondary N) is 1. The Labute approximate surface area is 207 Å². The Bertz CT molecular complexity index is 1420. The number of amides is 1. The van der Waals surface area contributed by atoms with Crippen molar-refractivity contribution in [2.75, 3.05) is 20.8 Å². The zero-order valence-corrected chi connectivity index (χ0v) is 19.8. The Morgan fingerprint density at radius 2 is 1.64 bits per heavy atom. The van der Waals surface area contributed by atoms with Gasteiger partial charge in [-0.05, 0) is 29.8 Å². The highest BCUT2D eigenvalue weighted by molar-refractivity contribution is 6.07. The molecule has 0 radical (unpaired) electrons. The van der Waals surface area contributed by atoms with E-state index in [1.165, 1.54) is 14.2 Å². The van der Waals surface area contributed by atoms with Crippen molar-refractivity contribution in [1.82, 2.24) is 10.3 Å². The number of hydrogen-bond acceptors (Lipinski definition) is 7. The van der Waals surface area contributed by atoms with Crippen LogP contribution < -0.4 is 10.1 Å². The number of para-hydroxylation sites is 1. The number of pyridine rings is 1. The number of rotatable bonds is 8. The molecule has 0 aliphatic rings. The molecule has 0 bridgehead atoms. The minimum atomic E-state index is -0.682. The number of carbonyl (C=O) groups excluding carboxylic acids is 3. The van der Waals surface area contributed by atoms with E-state index in [1.54, 1.807) is 24.3 Å². The first-order chi connectivity index (χ1) is 17.5. The molecule has 0 saturated heterocycles. The van der Waals surface area contributed by atoms with E-state index >= 15 is 0 Å². The van der Waals surface area contributed by atoms with Gasteiger partial charge < -0.3 is 19.5 Å². The first-order valence-corrected chi connectivity index (χ1v) is 11.1. The number of aromatic nitrogens is 1. The van der Waals surface area contributed by atoms with Crippen LogP contribution in [0.5, 0.6) is 5.75 Å². The Morgan fingerprint density at radius 1 is 0.889 bits per heavy atom. The van der Waals surface area contributed by atoms with Crippen LogP contribution in [-0.2, 0) is 20.9 Å². The summed E-state index contributed by atoms with van der Waals surface area (Å²) in [5.41, 5.74) is 2.91. The summed E-state index contributed by atoms with van der Waals surface area (Å²) < 4.78 is 15.6. The maximum Gasteiger partial charge on any atom is 0.340 e. The van der Waals surface area contributed by atoms with E-state index in [0.29, 0.717) is 22.4 Å². The van der Waals surface area contributed by atoms with Crippen LogP contribution in [0.2, 0.25) is 0 Å². The molecule has 1 N–H and O–H groups in total. The van der Waals surface area contributed by atoms with Crippen molar-refractivity contribution in [3.05, 3.63) is 95.7 Å². The van der Waals surface area contributed by atoms with Crippen molar-refractivity contribution in [3.8, 4) is 16.9 Å². The second kappa shape index (κ2) is 11.1. The topological polar surface area (TPSA) is 104 Å². The summed E-state index contributed by atoms with van der Waals surface area (Å²) in [6, 6.07) is 23.4. The van der Waals surface area contributed by atoms with Crippen LogP contribution in [0.1, 0.15) is 26.4 Å². The first-order valence-electron chi connectivity index (χ1n) is 11.1. The first kappa shape index (κ1) is 24.4. The quantitative estimate of drug-likeness (QED) is 0.374. The summed E-state index contributed by atoms with van der Waals surface area (Å²) >= 11 is 0. The van der Waals surface area contributed by atoms with Crippen LogP contribution >= 0.6 is 0 Å². The van der Waals surface area contributed by atoms with Crippen LogP contribution in [0.3, 0.4) is 0 Å². The third-order valence-corrected chi connectivity index (χ3v) is 5.51. The minimum absolute atomic E-state index is 0.218. The van der Waals surface area contributed by atoms with Crippen molar-refractivity contribution in [2.45, 2.75) is 6.61 Å². The van der Waals surface area contributed by atoms with Crippen LogP contribution in [0.15, 0.2) is 78.9 Å². The monoisotopic (exact) mass is 484 g/mol. The van der Waals surface area contributed by atoms with Gasteiger partial charge in [0.2, 0.25) is 0 Å². The molecule has 1 aromatic heterocycles. The van der Waals surface area contributed by atoms with E-state index in [9.17, 15) is 14.4 Å². The zero-order valence-electron chi connectivity index (χ0n) is 19.8. The Balaban J connectivity index is 1.57. The number of hydrogen-bond donors (Lipinski definition) is 1. The Kier molecular flexibility index (Phi) is 7.55. The van der Waals surface area contributed by atoms with Crippen molar-refractivity contribution < 1.29 is 28.6 Å². The molecule has 0 aliphatic carbocycles. The number of methoxy groups -OCH3 is 2. The van der Waals surface area contributed by atoms with Gasteiger partial charge in [0.15, 0.2) is 0 Å². The van der Waals surface area contributed by atoms with Gasteiger partial charge in [-0.2, -0.15) is 0 Å².